The van der Waals surface area contributed by atoms with Crippen LogP contribution in [0.5, 0.6) is 0 Å². The van der Waals surface area contributed by atoms with E-state index in [1.54, 1.807) is 6.07 Å². The second-order valence-electron chi connectivity index (χ2n) is 5.89. The van der Waals surface area contributed by atoms with E-state index in [4.69, 9.17) is 0 Å². The number of alkyl halides is 3. The first-order valence-electron chi connectivity index (χ1n) is 8.00. The Hall–Kier alpha value is -2.82. The van der Waals surface area contributed by atoms with Crippen LogP contribution in [-0.4, -0.2) is 33.9 Å². The van der Waals surface area contributed by atoms with Crippen LogP contribution in [0.1, 0.15) is 12.5 Å². The van der Waals surface area contributed by atoms with Crippen LogP contribution in [0.3, 0.4) is 0 Å². The predicted molar refractivity (Wildman–Crippen MR) is 92.4 cm³/mol. The van der Waals surface area contributed by atoms with Crippen molar-refractivity contribution in [1.29, 1.82) is 0 Å². The summed E-state index contributed by atoms with van der Waals surface area (Å²) in [4.78, 5) is 3.13. The Morgan fingerprint density at radius 1 is 1.11 bits per heavy atom. The number of hydrogen-bond donors (Lipinski definition) is 0. The molecule has 0 saturated heterocycles. The van der Waals surface area contributed by atoms with Crippen LogP contribution < -0.4 is 0 Å². The summed E-state index contributed by atoms with van der Waals surface area (Å²) in [7, 11) is -2.56. The van der Waals surface area contributed by atoms with E-state index in [0.717, 1.165) is 0 Å². The van der Waals surface area contributed by atoms with Crippen LogP contribution in [0.15, 0.2) is 41.4 Å². The number of benzene rings is 1. The number of halogens is 4. The van der Waals surface area contributed by atoms with Gasteiger partial charge in [-0.2, -0.15) is 13.2 Å². The lowest BCUT2D eigenvalue weighted by molar-refractivity contribution is -0.138. The van der Waals surface area contributed by atoms with Gasteiger partial charge in [0.05, 0.1) is 16.2 Å². The van der Waals surface area contributed by atoms with Crippen LogP contribution in [0, 0.1) is 5.82 Å². The molecule has 0 unspecified atom stereocenters. The fraction of sp³-hybridized carbons (Fsp3) is 0.235. The molecule has 2 aromatic heterocycles. The molecule has 0 amide bonds. The molecule has 0 bridgehead atoms. The van der Waals surface area contributed by atoms with Crippen molar-refractivity contribution in [3.63, 3.8) is 0 Å². The molecule has 0 aliphatic carbocycles. The minimum atomic E-state index is -4.75. The summed E-state index contributed by atoms with van der Waals surface area (Å²) < 4.78 is 78.7. The van der Waals surface area contributed by atoms with Crippen LogP contribution in [0.4, 0.5) is 17.6 Å². The summed E-state index contributed by atoms with van der Waals surface area (Å²) in [5, 5.41) is 7.79. The zero-order chi connectivity index (χ0) is 20.7. The van der Waals surface area contributed by atoms with E-state index < -0.39 is 38.0 Å². The molecule has 0 saturated carbocycles. The summed E-state index contributed by atoms with van der Waals surface area (Å²) in [6, 6.07) is 6.02. The van der Waals surface area contributed by atoms with E-state index in [0.29, 0.717) is 17.8 Å². The van der Waals surface area contributed by atoms with Gasteiger partial charge in [-0.05, 0) is 18.2 Å². The molecule has 0 aliphatic heterocycles. The SMILES string of the molecule is CCS(=O)(=O)c1cc(C(F)(F)F)cnc1-c1nnc(-c2cccc(F)c2)n1C. The highest BCUT2D eigenvalue weighted by Crippen LogP contribution is 2.34. The van der Waals surface area contributed by atoms with Gasteiger partial charge >= 0.3 is 6.18 Å². The number of hydrogen-bond acceptors (Lipinski definition) is 5. The van der Waals surface area contributed by atoms with Gasteiger partial charge < -0.3 is 4.57 Å². The topological polar surface area (TPSA) is 77.7 Å². The van der Waals surface area contributed by atoms with Gasteiger partial charge in [-0.1, -0.05) is 19.1 Å². The van der Waals surface area contributed by atoms with Crippen molar-refractivity contribution in [1.82, 2.24) is 19.7 Å². The van der Waals surface area contributed by atoms with Crippen molar-refractivity contribution in [3.05, 3.63) is 47.9 Å². The van der Waals surface area contributed by atoms with Gasteiger partial charge in [0.1, 0.15) is 11.5 Å². The third kappa shape index (κ3) is 3.61. The predicted octanol–water partition coefficient (Wildman–Crippen LogP) is 3.50. The van der Waals surface area contributed by atoms with Gasteiger partial charge in [-0.25, -0.2) is 12.8 Å². The largest absolute Gasteiger partial charge is 0.417 e. The standard InChI is InChI=1S/C17H14F4N4O2S/c1-3-28(26,27)13-8-11(17(19,20)21)9-22-14(13)16-24-23-15(25(16)2)10-5-4-6-12(18)7-10/h4-9H,3H2,1-2H3. The highest BCUT2D eigenvalue weighted by atomic mass is 32.2. The van der Waals surface area contributed by atoms with Crippen molar-refractivity contribution in [3.8, 4) is 22.9 Å². The lowest BCUT2D eigenvalue weighted by Crippen LogP contribution is -2.13. The molecule has 3 rings (SSSR count). The molecule has 11 heteroatoms. The Morgan fingerprint density at radius 2 is 1.79 bits per heavy atom. The number of rotatable bonds is 4. The maximum atomic E-state index is 13.5. The summed E-state index contributed by atoms with van der Waals surface area (Å²) >= 11 is 0. The summed E-state index contributed by atoms with van der Waals surface area (Å²) in [6.45, 7) is 1.31. The third-order valence-electron chi connectivity index (χ3n) is 4.06. The highest BCUT2D eigenvalue weighted by Gasteiger charge is 2.34. The molecule has 148 valence electrons. The van der Waals surface area contributed by atoms with E-state index in [-0.39, 0.29) is 17.3 Å². The van der Waals surface area contributed by atoms with Crippen molar-refractivity contribution in [2.45, 2.75) is 18.0 Å². The van der Waals surface area contributed by atoms with Crippen molar-refractivity contribution in [2.24, 2.45) is 7.05 Å². The van der Waals surface area contributed by atoms with Crippen molar-refractivity contribution >= 4 is 9.84 Å². The molecule has 0 fully saturated rings. The van der Waals surface area contributed by atoms with E-state index in [2.05, 4.69) is 15.2 Å². The molecule has 0 radical (unpaired) electrons. The first kappa shape index (κ1) is 19.9. The fourth-order valence-electron chi connectivity index (χ4n) is 2.57. The van der Waals surface area contributed by atoms with Gasteiger partial charge in [0, 0.05) is 18.8 Å². The minimum absolute atomic E-state index is 0.0555. The smallest absolute Gasteiger partial charge is 0.309 e. The molecule has 2 heterocycles. The molecule has 0 spiro atoms. The van der Waals surface area contributed by atoms with Crippen LogP contribution in [-0.2, 0) is 23.1 Å². The van der Waals surface area contributed by atoms with Gasteiger partial charge in [-0.15, -0.1) is 10.2 Å². The fourth-order valence-corrected chi connectivity index (χ4v) is 3.63. The average molecular weight is 414 g/mol. The molecule has 1 aromatic carbocycles. The lowest BCUT2D eigenvalue weighted by atomic mass is 10.2. The van der Waals surface area contributed by atoms with Crippen LogP contribution in [0.2, 0.25) is 0 Å². The first-order valence-corrected chi connectivity index (χ1v) is 9.65. The quantitative estimate of drug-likeness (QED) is 0.611. The molecule has 3 aromatic rings. The maximum absolute atomic E-state index is 13.5. The van der Waals surface area contributed by atoms with Gasteiger partial charge in [-0.3, -0.25) is 4.98 Å². The number of nitrogens with zero attached hydrogens (tertiary/aromatic N) is 4. The third-order valence-corrected chi connectivity index (χ3v) is 5.81. The molecule has 0 aliphatic rings. The monoisotopic (exact) mass is 414 g/mol. The molecular formula is C17H14F4N4O2S. The normalized spacial score (nSPS) is 12.4. The number of sulfone groups is 1. The summed E-state index contributed by atoms with van der Waals surface area (Å²) in [6.07, 6.45) is -4.21. The van der Waals surface area contributed by atoms with Crippen LogP contribution in [0.25, 0.3) is 22.9 Å². The Morgan fingerprint density at radius 3 is 2.39 bits per heavy atom. The van der Waals surface area contributed by atoms with Crippen molar-refractivity contribution in [2.75, 3.05) is 5.75 Å². The maximum Gasteiger partial charge on any atom is 0.417 e. The Kier molecular flexibility index (Phi) is 4.96. The van der Waals surface area contributed by atoms with Crippen LogP contribution >= 0.6 is 0 Å². The van der Waals surface area contributed by atoms with Gasteiger partial charge in [0.2, 0.25) is 0 Å². The van der Waals surface area contributed by atoms with Gasteiger partial charge in [0.15, 0.2) is 21.5 Å². The average Bonchev–Trinajstić information content (AvgIpc) is 3.01. The summed E-state index contributed by atoms with van der Waals surface area (Å²) in [5.74, 6) is -0.780. The molecule has 6 nitrogen and oxygen atoms in total. The number of aromatic nitrogens is 4. The highest BCUT2D eigenvalue weighted by molar-refractivity contribution is 7.91. The first-order chi connectivity index (χ1) is 13.0. The van der Waals surface area contributed by atoms with E-state index in [1.807, 2.05) is 0 Å². The zero-order valence-electron chi connectivity index (χ0n) is 14.7. The number of pyridine rings is 1. The van der Waals surface area contributed by atoms with E-state index in [1.165, 1.54) is 36.7 Å². The molecule has 0 N–H and O–H groups in total. The minimum Gasteiger partial charge on any atom is -0.309 e. The van der Waals surface area contributed by atoms with E-state index in [9.17, 15) is 26.0 Å². The molecule has 28 heavy (non-hydrogen) atoms. The zero-order valence-corrected chi connectivity index (χ0v) is 15.5. The molecule has 0 atom stereocenters. The molecular weight excluding hydrogens is 400 g/mol. The second kappa shape index (κ2) is 6.97. The van der Waals surface area contributed by atoms with Gasteiger partial charge in [0.25, 0.3) is 0 Å². The Balaban J connectivity index is 2.22. The summed E-state index contributed by atoms with van der Waals surface area (Å²) in [5.41, 5.74) is -1.07. The Bertz CT molecular complexity index is 1140. The Labute approximate surface area is 157 Å². The van der Waals surface area contributed by atoms with E-state index >= 15 is 0 Å². The van der Waals surface area contributed by atoms with Crippen molar-refractivity contribution < 1.29 is 26.0 Å². The lowest BCUT2D eigenvalue weighted by Gasteiger charge is -2.12. The second-order valence-corrected chi connectivity index (χ2v) is 8.14.